The number of amides is 1. The van der Waals surface area contributed by atoms with Gasteiger partial charge in [-0.2, -0.15) is 0 Å². The molecule has 0 atom stereocenters. The fraction of sp³-hybridized carbons (Fsp3) is 0.167. The summed E-state index contributed by atoms with van der Waals surface area (Å²) in [4.78, 5) is 11.8. The van der Waals surface area contributed by atoms with Gasteiger partial charge < -0.3 is 15.6 Å². The van der Waals surface area contributed by atoms with Gasteiger partial charge in [0.05, 0.1) is 5.56 Å². The van der Waals surface area contributed by atoms with Crippen molar-refractivity contribution in [2.45, 2.75) is 0 Å². The van der Waals surface area contributed by atoms with Crippen LogP contribution < -0.4 is 11.1 Å². The van der Waals surface area contributed by atoms with Crippen molar-refractivity contribution in [2.75, 3.05) is 13.1 Å². The Morgan fingerprint density at radius 2 is 2.33 bits per heavy atom. The lowest BCUT2D eigenvalue weighted by Gasteiger charge is -2.02. The average Bonchev–Trinajstić information content (AvgIpc) is 2.85. The van der Waals surface area contributed by atoms with Gasteiger partial charge >= 0.3 is 0 Å². The average molecular weight is 249 g/mol. The Bertz CT molecular complexity index is 554. The number of hydrogen-bond acceptors (Lipinski definition) is 4. The van der Waals surface area contributed by atoms with Crippen molar-refractivity contribution >= 4 is 5.91 Å². The zero-order valence-corrected chi connectivity index (χ0v) is 9.52. The Morgan fingerprint density at radius 3 is 3.06 bits per heavy atom. The summed E-state index contributed by atoms with van der Waals surface area (Å²) >= 11 is 0. The van der Waals surface area contributed by atoms with E-state index in [0.29, 0.717) is 24.2 Å². The van der Waals surface area contributed by atoms with E-state index in [2.05, 4.69) is 10.5 Å². The molecule has 3 N–H and O–H groups in total. The quantitative estimate of drug-likeness (QED) is 0.852. The van der Waals surface area contributed by atoms with Crippen molar-refractivity contribution in [1.29, 1.82) is 0 Å². The van der Waals surface area contributed by atoms with Crippen LogP contribution in [0.25, 0.3) is 11.1 Å². The number of halogens is 1. The lowest BCUT2D eigenvalue weighted by Crippen LogP contribution is -2.29. The number of nitrogens with zero attached hydrogens (tertiary/aromatic N) is 1. The monoisotopic (exact) mass is 249 g/mol. The minimum atomic E-state index is -0.395. The second-order valence-corrected chi connectivity index (χ2v) is 3.63. The third-order valence-corrected chi connectivity index (χ3v) is 2.35. The summed E-state index contributed by atoms with van der Waals surface area (Å²) in [5.74, 6) is -0.782. The summed E-state index contributed by atoms with van der Waals surface area (Å²) < 4.78 is 17.9. The molecule has 1 aromatic heterocycles. The molecular formula is C12H12FN3O2. The maximum atomic E-state index is 13.1. The van der Waals surface area contributed by atoms with Gasteiger partial charge in [-0.25, -0.2) is 4.39 Å². The number of aromatic nitrogens is 1. The standard InChI is InChI=1S/C12H12FN3O2/c13-9-3-1-2-8(6-9)10-7-18-16-11(10)12(17)15-5-4-14/h1-3,6-7H,4-5,14H2,(H,15,17). The summed E-state index contributed by atoms with van der Waals surface area (Å²) in [7, 11) is 0. The van der Waals surface area contributed by atoms with E-state index < -0.39 is 5.91 Å². The second-order valence-electron chi connectivity index (χ2n) is 3.63. The molecule has 0 unspecified atom stereocenters. The lowest BCUT2D eigenvalue weighted by molar-refractivity contribution is 0.0946. The first-order valence-electron chi connectivity index (χ1n) is 5.41. The fourth-order valence-electron chi connectivity index (χ4n) is 1.53. The zero-order valence-electron chi connectivity index (χ0n) is 9.52. The molecule has 0 fully saturated rings. The topological polar surface area (TPSA) is 81.1 Å². The molecule has 2 aromatic rings. The Balaban J connectivity index is 2.30. The molecule has 0 radical (unpaired) electrons. The highest BCUT2D eigenvalue weighted by molar-refractivity contribution is 5.98. The molecule has 0 saturated heterocycles. The van der Waals surface area contributed by atoms with Gasteiger partial charge in [0.15, 0.2) is 5.69 Å². The number of rotatable bonds is 4. The zero-order chi connectivity index (χ0) is 13.0. The first-order chi connectivity index (χ1) is 8.72. The number of nitrogens with two attached hydrogens (primary N) is 1. The van der Waals surface area contributed by atoms with E-state index >= 15 is 0 Å². The van der Waals surface area contributed by atoms with E-state index in [4.69, 9.17) is 10.3 Å². The molecule has 0 aliphatic carbocycles. The molecule has 1 aromatic carbocycles. The van der Waals surface area contributed by atoms with Crippen molar-refractivity contribution in [3.63, 3.8) is 0 Å². The van der Waals surface area contributed by atoms with Gasteiger partial charge in [0.1, 0.15) is 12.1 Å². The van der Waals surface area contributed by atoms with Crippen molar-refractivity contribution in [3.05, 3.63) is 42.0 Å². The van der Waals surface area contributed by atoms with Crippen LogP contribution in [-0.4, -0.2) is 24.2 Å². The van der Waals surface area contributed by atoms with Gasteiger partial charge in [-0.05, 0) is 17.7 Å². The van der Waals surface area contributed by atoms with Crippen LogP contribution in [0.1, 0.15) is 10.5 Å². The summed E-state index contributed by atoms with van der Waals surface area (Å²) in [6.45, 7) is 0.674. The van der Waals surface area contributed by atoms with Gasteiger partial charge in [0.25, 0.3) is 5.91 Å². The van der Waals surface area contributed by atoms with E-state index in [1.165, 1.54) is 18.4 Å². The fourth-order valence-corrected chi connectivity index (χ4v) is 1.53. The van der Waals surface area contributed by atoms with E-state index in [9.17, 15) is 9.18 Å². The van der Waals surface area contributed by atoms with Gasteiger partial charge in [0.2, 0.25) is 0 Å². The summed E-state index contributed by atoms with van der Waals surface area (Å²) in [5, 5.41) is 6.20. The number of carbonyl (C=O) groups is 1. The van der Waals surface area contributed by atoms with Crippen LogP contribution in [0.15, 0.2) is 35.1 Å². The number of hydrogen-bond donors (Lipinski definition) is 2. The maximum absolute atomic E-state index is 13.1. The molecule has 0 aliphatic rings. The second kappa shape index (κ2) is 5.42. The Labute approximate surface area is 103 Å². The molecule has 5 nitrogen and oxygen atoms in total. The first kappa shape index (κ1) is 12.3. The predicted molar refractivity (Wildman–Crippen MR) is 63.3 cm³/mol. The van der Waals surface area contributed by atoms with Gasteiger partial charge in [0, 0.05) is 13.1 Å². The van der Waals surface area contributed by atoms with Crippen molar-refractivity contribution in [2.24, 2.45) is 5.73 Å². The number of nitrogens with one attached hydrogen (secondary N) is 1. The molecular weight excluding hydrogens is 237 g/mol. The molecule has 2 rings (SSSR count). The number of carbonyl (C=O) groups excluding carboxylic acids is 1. The summed E-state index contributed by atoms with van der Waals surface area (Å²) in [6.07, 6.45) is 1.31. The van der Waals surface area contributed by atoms with Gasteiger partial charge in [-0.3, -0.25) is 4.79 Å². The molecule has 94 valence electrons. The number of benzene rings is 1. The highest BCUT2D eigenvalue weighted by atomic mass is 19.1. The van der Waals surface area contributed by atoms with E-state index in [-0.39, 0.29) is 11.5 Å². The first-order valence-corrected chi connectivity index (χ1v) is 5.41. The van der Waals surface area contributed by atoms with Crippen molar-refractivity contribution < 1.29 is 13.7 Å². The minimum Gasteiger partial charge on any atom is -0.363 e. The van der Waals surface area contributed by atoms with Crippen molar-refractivity contribution in [1.82, 2.24) is 10.5 Å². The highest BCUT2D eigenvalue weighted by Crippen LogP contribution is 2.23. The van der Waals surface area contributed by atoms with Crippen LogP contribution in [0.3, 0.4) is 0 Å². The largest absolute Gasteiger partial charge is 0.363 e. The molecule has 18 heavy (non-hydrogen) atoms. The van der Waals surface area contributed by atoms with E-state index in [1.54, 1.807) is 12.1 Å². The van der Waals surface area contributed by atoms with Crippen LogP contribution in [-0.2, 0) is 0 Å². The Hall–Kier alpha value is -2.21. The molecule has 0 bridgehead atoms. The van der Waals surface area contributed by atoms with Crippen LogP contribution in [0.2, 0.25) is 0 Å². The molecule has 0 saturated carbocycles. The molecule has 0 spiro atoms. The van der Waals surface area contributed by atoms with Crippen LogP contribution in [0, 0.1) is 5.82 Å². The Morgan fingerprint density at radius 1 is 1.50 bits per heavy atom. The minimum absolute atomic E-state index is 0.119. The van der Waals surface area contributed by atoms with Crippen molar-refractivity contribution in [3.8, 4) is 11.1 Å². The van der Waals surface area contributed by atoms with Crippen LogP contribution in [0.5, 0.6) is 0 Å². The predicted octanol–water partition coefficient (Wildman–Crippen LogP) is 1.17. The lowest BCUT2D eigenvalue weighted by atomic mass is 10.1. The molecule has 0 aliphatic heterocycles. The Kier molecular flexibility index (Phi) is 3.69. The van der Waals surface area contributed by atoms with Crippen LogP contribution >= 0.6 is 0 Å². The SMILES string of the molecule is NCCNC(=O)c1nocc1-c1cccc(F)c1. The molecule has 1 amide bonds. The highest BCUT2D eigenvalue weighted by Gasteiger charge is 2.17. The van der Waals surface area contributed by atoms with Gasteiger partial charge in [-0.1, -0.05) is 17.3 Å². The third kappa shape index (κ3) is 2.54. The summed E-state index contributed by atoms with van der Waals surface area (Å²) in [5.41, 5.74) is 6.39. The summed E-state index contributed by atoms with van der Waals surface area (Å²) in [6, 6.07) is 5.87. The van der Waals surface area contributed by atoms with Crippen LogP contribution in [0.4, 0.5) is 4.39 Å². The smallest absolute Gasteiger partial charge is 0.274 e. The normalized spacial score (nSPS) is 10.3. The molecule has 6 heteroatoms. The maximum Gasteiger partial charge on any atom is 0.274 e. The third-order valence-electron chi connectivity index (χ3n) is 2.35. The van der Waals surface area contributed by atoms with E-state index in [1.807, 2.05) is 0 Å². The molecule has 1 heterocycles. The van der Waals surface area contributed by atoms with Gasteiger partial charge in [-0.15, -0.1) is 0 Å². The van der Waals surface area contributed by atoms with E-state index in [0.717, 1.165) is 0 Å².